The van der Waals surface area contributed by atoms with Gasteiger partial charge in [-0.15, -0.1) is 0 Å². The van der Waals surface area contributed by atoms with Crippen LogP contribution in [0.3, 0.4) is 0 Å². The molecular formula is C12H14N4O2. The zero-order valence-corrected chi connectivity index (χ0v) is 10.0. The molecule has 0 fully saturated rings. The summed E-state index contributed by atoms with van der Waals surface area (Å²) in [7, 11) is 1.89. The Morgan fingerprint density at radius 3 is 3.17 bits per heavy atom. The highest BCUT2D eigenvalue weighted by Gasteiger charge is 2.14. The molecule has 0 spiro atoms. The molecule has 2 aromatic heterocycles. The normalized spacial score (nSPS) is 11.4. The minimum Gasteiger partial charge on any atom is -0.340 e. The van der Waals surface area contributed by atoms with Gasteiger partial charge in [0.1, 0.15) is 5.65 Å². The van der Waals surface area contributed by atoms with Crippen molar-refractivity contribution in [3.05, 3.63) is 40.2 Å². The van der Waals surface area contributed by atoms with Crippen LogP contribution >= 0.6 is 0 Å². The van der Waals surface area contributed by atoms with Crippen LogP contribution in [0.2, 0.25) is 0 Å². The van der Waals surface area contributed by atoms with E-state index in [2.05, 4.69) is 15.3 Å². The van der Waals surface area contributed by atoms with E-state index >= 15 is 0 Å². The second kappa shape index (κ2) is 5.42. The van der Waals surface area contributed by atoms with Crippen molar-refractivity contribution in [1.82, 2.24) is 15.3 Å². The minimum atomic E-state index is -0.408. The molecule has 0 amide bonds. The molecule has 2 N–H and O–H groups in total. The van der Waals surface area contributed by atoms with Crippen molar-refractivity contribution in [3.8, 4) is 0 Å². The molecule has 0 aliphatic heterocycles. The smallest absolute Gasteiger partial charge is 0.296 e. The fourth-order valence-corrected chi connectivity index (χ4v) is 1.69. The van der Waals surface area contributed by atoms with Crippen LogP contribution in [-0.2, 0) is 0 Å². The van der Waals surface area contributed by atoms with E-state index in [1.165, 1.54) is 6.20 Å². The zero-order valence-electron chi connectivity index (χ0n) is 10.0. The van der Waals surface area contributed by atoms with Crippen LogP contribution in [0.1, 0.15) is 12.0 Å². The van der Waals surface area contributed by atoms with E-state index in [0.29, 0.717) is 11.0 Å². The average Bonchev–Trinajstić information content (AvgIpc) is 2.77. The molecule has 0 aliphatic rings. The van der Waals surface area contributed by atoms with Crippen LogP contribution in [-0.4, -0.2) is 28.5 Å². The molecule has 2 heterocycles. The van der Waals surface area contributed by atoms with Gasteiger partial charge in [-0.2, -0.15) is 0 Å². The Morgan fingerprint density at radius 1 is 1.61 bits per heavy atom. The summed E-state index contributed by atoms with van der Waals surface area (Å²) in [6.45, 7) is 0.899. The van der Waals surface area contributed by atoms with E-state index in [1.54, 1.807) is 12.3 Å². The topological polar surface area (TPSA) is 83.8 Å². The van der Waals surface area contributed by atoms with E-state index in [-0.39, 0.29) is 5.69 Å². The van der Waals surface area contributed by atoms with Gasteiger partial charge in [0.2, 0.25) is 0 Å². The van der Waals surface area contributed by atoms with Crippen LogP contribution < -0.4 is 5.32 Å². The summed E-state index contributed by atoms with van der Waals surface area (Å²) < 4.78 is 0. The van der Waals surface area contributed by atoms with Crippen molar-refractivity contribution in [2.45, 2.75) is 6.42 Å². The first kappa shape index (κ1) is 12.3. The number of aromatic nitrogens is 2. The molecule has 6 heteroatoms. The number of rotatable bonds is 5. The summed E-state index contributed by atoms with van der Waals surface area (Å²) >= 11 is 0. The Hall–Kier alpha value is -2.21. The third-order valence-corrected chi connectivity index (χ3v) is 2.60. The summed E-state index contributed by atoms with van der Waals surface area (Å²) in [5.41, 5.74) is 1.46. The molecular weight excluding hydrogens is 232 g/mol. The van der Waals surface area contributed by atoms with Gasteiger partial charge in [0.05, 0.1) is 16.5 Å². The van der Waals surface area contributed by atoms with Crippen molar-refractivity contribution >= 4 is 22.8 Å². The maximum atomic E-state index is 10.8. The summed E-state index contributed by atoms with van der Waals surface area (Å²) in [4.78, 5) is 17.4. The lowest BCUT2D eigenvalue weighted by molar-refractivity contribution is -0.383. The molecule has 0 saturated heterocycles. The van der Waals surface area contributed by atoms with Gasteiger partial charge >= 0.3 is 0 Å². The number of hydrogen-bond donors (Lipinski definition) is 2. The molecule has 0 saturated carbocycles. The average molecular weight is 246 g/mol. The first-order chi connectivity index (χ1) is 8.72. The van der Waals surface area contributed by atoms with Gasteiger partial charge in [-0.1, -0.05) is 12.2 Å². The van der Waals surface area contributed by atoms with Crippen molar-refractivity contribution in [2.75, 3.05) is 13.6 Å². The monoisotopic (exact) mass is 246 g/mol. The van der Waals surface area contributed by atoms with Crippen molar-refractivity contribution in [2.24, 2.45) is 0 Å². The molecule has 18 heavy (non-hydrogen) atoms. The number of hydrogen-bond acceptors (Lipinski definition) is 4. The van der Waals surface area contributed by atoms with Gasteiger partial charge in [0.15, 0.2) is 0 Å². The van der Waals surface area contributed by atoms with Crippen LogP contribution in [0.15, 0.2) is 24.5 Å². The summed E-state index contributed by atoms with van der Waals surface area (Å²) in [5.74, 6) is 0. The Kier molecular flexibility index (Phi) is 3.69. The Labute approximate surface area is 104 Å². The maximum Gasteiger partial charge on any atom is 0.296 e. The Bertz CT molecular complexity index is 589. The number of nitrogens with zero attached hydrogens (tertiary/aromatic N) is 2. The van der Waals surface area contributed by atoms with Gasteiger partial charge in [-0.25, -0.2) is 4.98 Å². The standard InChI is InChI=1S/C12H14N4O2/c1-13-5-3-2-4-9-6-10-11(16(17)18)8-15-12(10)14-7-9/h2,4,6-8,13H,3,5H2,1H3,(H,14,15). The molecule has 0 radical (unpaired) electrons. The molecule has 0 unspecified atom stereocenters. The second-order valence-electron chi connectivity index (χ2n) is 3.89. The van der Waals surface area contributed by atoms with Gasteiger partial charge in [0.25, 0.3) is 5.69 Å². The van der Waals surface area contributed by atoms with Crippen LogP contribution in [0.5, 0.6) is 0 Å². The summed E-state index contributed by atoms with van der Waals surface area (Å²) in [5, 5.41) is 14.4. The van der Waals surface area contributed by atoms with Crippen LogP contribution in [0.4, 0.5) is 5.69 Å². The molecule has 0 bridgehead atoms. The lowest BCUT2D eigenvalue weighted by atomic mass is 10.2. The first-order valence-electron chi connectivity index (χ1n) is 5.65. The second-order valence-corrected chi connectivity index (χ2v) is 3.89. The quantitative estimate of drug-likeness (QED) is 0.480. The van der Waals surface area contributed by atoms with Gasteiger partial charge in [0, 0.05) is 6.20 Å². The lowest BCUT2D eigenvalue weighted by Gasteiger charge is -1.95. The zero-order chi connectivity index (χ0) is 13.0. The highest BCUT2D eigenvalue weighted by molar-refractivity contribution is 5.87. The third-order valence-electron chi connectivity index (χ3n) is 2.60. The Morgan fingerprint density at radius 2 is 2.44 bits per heavy atom. The van der Waals surface area contributed by atoms with Crippen LogP contribution in [0.25, 0.3) is 17.1 Å². The maximum absolute atomic E-state index is 10.8. The van der Waals surface area contributed by atoms with E-state index in [9.17, 15) is 10.1 Å². The lowest BCUT2D eigenvalue weighted by Crippen LogP contribution is -2.05. The molecule has 0 aliphatic carbocycles. The van der Waals surface area contributed by atoms with E-state index < -0.39 is 4.92 Å². The number of nitro groups is 1. The fraction of sp³-hybridized carbons (Fsp3) is 0.250. The van der Waals surface area contributed by atoms with Gasteiger partial charge in [-0.05, 0) is 31.6 Å². The number of H-pyrrole nitrogens is 1. The molecule has 2 aromatic rings. The van der Waals surface area contributed by atoms with Gasteiger partial charge < -0.3 is 10.3 Å². The van der Waals surface area contributed by atoms with Crippen molar-refractivity contribution < 1.29 is 4.92 Å². The van der Waals surface area contributed by atoms with E-state index in [4.69, 9.17) is 0 Å². The number of fused-ring (bicyclic) bond motifs is 1. The molecule has 2 rings (SSSR count). The highest BCUT2D eigenvalue weighted by Crippen LogP contribution is 2.24. The van der Waals surface area contributed by atoms with E-state index in [1.807, 2.05) is 19.2 Å². The van der Waals surface area contributed by atoms with Gasteiger partial charge in [-0.3, -0.25) is 10.1 Å². The molecule has 0 aromatic carbocycles. The molecule has 94 valence electrons. The summed E-state index contributed by atoms with van der Waals surface area (Å²) in [6.07, 6.45) is 7.90. The predicted molar refractivity (Wildman–Crippen MR) is 70.3 cm³/mol. The van der Waals surface area contributed by atoms with E-state index in [0.717, 1.165) is 18.5 Å². The van der Waals surface area contributed by atoms with Crippen molar-refractivity contribution in [1.29, 1.82) is 0 Å². The number of pyridine rings is 1. The third kappa shape index (κ3) is 2.54. The number of aromatic amines is 1. The predicted octanol–water partition coefficient (Wildman–Crippen LogP) is 2.09. The van der Waals surface area contributed by atoms with Crippen LogP contribution in [0, 0.1) is 10.1 Å². The summed E-state index contributed by atoms with van der Waals surface area (Å²) in [6, 6.07) is 1.77. The fourth-order valence-electron chi connectivity index (χ4n) is 1.69. The Balaban J connectivity index is 2.28. The van der Waals surface area contributed by atoms with Crippen molar-refractivity contribution in [3.63, 3.8) is 0 Å². The molecule has 6 nitrogen and oxygen atoms in total. The molecule has 0 atom stereocenters. The number of nitrogens with one attached hydrogen (secondary N) is 2. The SMILES string of the molecule is CNCCC=Cc1cnc2[nH]cc([N+](=O)[O-])c2c1. The largest absolute Gasteiger partial charge is 0.340 e. The minimum absolute atomic E-state index is 0.0583. The first-order valence-corrected chi connectivity index (χ1v) is 5.65. The highest BCUT2D eigenvalue weighted by atomic mass is 16.6.